The van der Waals surface area contributed by atoms with E-state index in [1.54, 1.807) is 44.6 Å². The van der Waals surface area contributed by atoms with Crippen molar-refractivity contribution in [1.29, 1.82) is 0 Å². The zero-order valence-corrected chi connectivity index (χ0v) is 17.8. The number of carbonyl (C=O) groups excluding carboxylic acids is 2. The van der Waals surface area contributed by atoms with Gasteiger partial charge in [-0.15, -0.1) is 0 Å². The Bertz CT molecular complexity index is 1020. The average Bonchev–Trinajstić information content (AvgIpc) is 3.16. The van der Waals surface area contributed by atoms with Crippen LogP contribution in [0.1, 0.15) is 27.4 Å². The van der Waals surface area contributed by atoms with Crippen LogP contribution >= 0.6 is 11.8 Å². The Morgan fingerprint density at radius 2 is 1.93 bits per heavy atom. The Balaban J connectivity index is 1.57. The summed E-state index contributed by atoms with van der Waals surface area (Å²) >= 11 is 1.43. The van der Waals surface area contributed by atoms with Gasteiger partial charge in [0.15, 0.2) is 0 Å². The van der Waals surface area contributed by atoms with Crippen LogP contribution in [-0.2, 0) is 12.3 Å². The molecular weight excluding hydrogens is 402 g/mol. The molecule has 0 saturated heterocycles. The van der Waals surface area contributed by atoms with Crippen molar-refractivity contribution in [3.8, 4) is 0 Å². The van der Waals surface area contributed by atoms with Gasteiger partial charge in [0.1, 0.15) is 10.8 Å². The Kier molecular flexibility index (Phi) is 7.08. The van der Waals surface area contributed by atoms with Gasteiger partial charge >= 0.3 is 6.03 Å². The molecule has 0 aliphatic rings. The Morgan fingerprint density at radius 1 is 1.17 bits per heavy atom. The maximum absolute atomic E-state index is 12.7. The lowest BCUT2D eigenvalue weighted by molar-refractivity contribution is 0.0947. The van der Waals surface area contributed by atoms with Crippen LogP contribution < -0.4 is 10.6 Å². The molecule has 156 valence electrons. The highest BCUT2D eigenvalue weighted by atomic mass is 32.2. The minimum atomic E-state index is -0.202. The van der Waals surface area contributed by atoms with E-state index in [9.17, 15) is 9.59 Å². The fraction of sp³-hybridized carbons (Fsp3) is 0.238. The molecule has 0 aliphatic heterocycles. The minimum absolute atomic E-state index is 0.196. The molecule has 0 atom stereocenters. The number of aryl methyl sites for hydroxylation is 1. The maximum Gasteiger partial charge on any atom is 0.321 e. The minimum Gasteiger partial charge on any atom is -0.361 e. The van der Waals surface area contributed by atoms with Gasteiger partial charge in [-0.2, -0.15) is 0 Å². The van der Waals surface area contributed by atoms with Crippen molar-refractivity contribution in [2.75, 3.05) is 19.4 Å². The van der Waals surface area contributed by atoms with E-state index in [4.69, 9.17) is 4.52 Å². The average molecular weight is 426 g/mol. The second-order valence-corrected chi connectivity index (χ2v) is 7.74. The third-order valence-corrected chi connectivity index (χ3v) is 5.15. The van der Waals surface area contributed by atoms with Gasteiger partial charge in [0, 0.05) is 44.3 Å². The summed E-state index contributed by atoms with van der Waals surface area (Å²) in [7, 11) is 3.36. The molecule has 3 aromatic rings. The summed E-state index contributed by atoms with van der Waals surface area (Å²) in [5.74, 6) is 1.11. The van der Waals surface area contributed by atoms with E-state index >= 15 is 0 Å². The third-order valence-electron chi connectivity index (χ3n) is 4.11. The summed E-state index contributed by atoms with van der Waals surface area (Å²) in [6.45, 7) is 2.20. The number of nitrogens with zero attached hydrogens (tertiary/aromatic N) is 3. The van der Waals surface area contributed by atoms with Crippen molar-refractivity contribution in [2.24, 2.45) is 0 Å². The number of nitrogens with one attached hydrogen (secondary N) is 2. The van der Waals surface area contributed by atoms with Crippen LogP contribution in [0.2, 0.25) is 0 Å². The van der Waals surface area contributed by atoms with Gasteiger partial charge in [-0.05, 0) is 36.8 Å². The first-order valence-electron chi connectivity index (χ1n) is 9.28. The molecule has 3 amide bonds. The summed E-state index contributed by atoms with van der Waals surface area (Å²) in [6, 6.07) is 12.5. The lowest BCUT2D eigenvalue weighted by Gasteiger charge is -2.12. The van der Waals surface area contributed by atoms with Gasteiger partial charge in [-0.3, -0.25) is 4.79 Å². The summed E-state index contributed by atoms with van der Waals surface area (Å²) in [6.07, 6.45) is 1.66. The number of aromatic nitrogens is 2. The van der Waals surface area contributed by atoms with Crippen LogP contribution in [0.15, 0.2) is 58.2 Å². The smallest absolute Gasteiger partial charge is 0.321 e. The van der Waals surface area contributed by atoms with Gasteiger partial charge in [0.2, 0.25) is 0 Å². The van der Waals surface area contributed by atoms with Gasteiger partial charge in [-0.25, -0.2) is 9.78 Å². The lowest BCUT2D eigenvalue weighted by atomic mass is 10.2. The highest BCUT2D eigenvalue weighted by molar-refractivity contribution is 7.98. The van der Waals surface area contributed by atoms with Gasteiger partial charge in [-0.1, -0.05) is 29.1 Å². The molecule has 0 fully saturated rings. The number of rotatable bonds is 7. The summed E-state index contributed by atoms with van der Waals surface area (Å²) in [5.41, 5.74) is 2.92. The third kappa shape index (κ3) is 5.84. The van der Waals surface area contributed by atoms with E-state index in [0.29, 0.717) is 28.6 Å². The van der Waals surface area contributed by atoms with E-state index in [0.717, 1.165) is 17.0 Å². The molecule has 2 heterocycles. The molecule has 2 aromatic heterocycles. The summed E-state index contributed by atoms with van der Waals surface area (Å²) in [5, 5.41) is 10.3. The van der Waals surface area contributed by atoms with E-state index < -0.39 is 0 Å². The van der Waals surface area contributed by atoms with Crippen molar-refractivity contribution in [3.05, 3.63) is 71.2 Å². The molecule has 0 unspecified atom stereocenters. The predicted octanol–water partition coefficient (Wildman–Crippen LogP) is 3.69. The first kappa shape index (κ1) is 21.4. The number of urea groups is 1. The van der Waals surface area contributed by atoms with Crippen molar-refractivity contribution in [1.82, 2.24) is 20.4 Å². The largest absolute Gasteiger partial charge is 0.361 e. The molecule has 0 radical (unpaired) electrons. The fourth-order valence-corrected chi connectivity index (χ4v) is 3.40. The molecule has 0 spiro atoms. The Labute approximate surface area is 179 Å². The fourth-order valence-electron chi connectivity index (χ4n) is 2.53. The van der Waals surface area contributed by atoms with E-state index in [1.807, 2.05) is 25.1 Å². The Morgan fingerprint density at radius 3 is 2.60 bits per heavy atom. The molecule has 0 bridgehead atoms. The van der Waals surface area contributed by atoms with Crippen molar-refractivity contribution in [3.63, 3.8) is 0 Å². The van der Waals surface area contributed by atoms with Gasteiger partial charge < -0.3 is 20.1 Å². The number of pyridine rings is 1. The molecular formula is C21H23N5O3S. The van der Waals surface area contributed by atoms with Crippen LogP contribution in [0.3, 0.4) is 0 Å². The highest BCUT2D eigenvalue weighted by Gasteiger charge is 2.14. The molecule has 8 nitrogen and oxygen atoms in total. The Hall–Kier alpha value is -3.33. The number of hydrogen-bond acceptors (Lipinski definition) is 6. The number of benzene rings is 1. The van der Waals surface area contributed by atoms with Crippen molar-refractivity contribution < 1.29 is 14.1 Å². The summed E-state index contributed by atoms with van der Waals surface area (Å²) in [4.78, 5) is 30.2. The molecule has 9 heteroatoms. The quantitative estimate of drug-likeness (QED) is 0.560. The van der Waals surface area contributed by atoms with Gasteiger partial charge in [0.25, 0.3) is 5.91 Å². The highest BCUT2D eigenvalue weighted by Crippen LogP contribution is 2.24. The van der Waals surface area contributed by atoms with Gasteiger partial charge in [0.05, 0.1) is 11.3 Å². The van der Waals surface area contributed by atoms with E-state index in [2.05, 4.69) is 20.8 Å². The summed E-state index contributed by atoms with van der Waals surface area (Å²) < 4.78 is 5.07. The standard InChI is InChI=1S/C21H23N5O3S/c1-14-11-17(25-29-14)13-30-20-18(5-4-10-22-20)19(27)23-12-15-6-8-16(9-7-15)24-21(28)26(2)3/h4-11H,12-13H2,1-3H3,(H,23,27)(H,24,28). The topological polar surface area (TPSA) is 100 Å². The van der Waals surface area contributed by atoms with E-state index in [-0.39, 0.29) is 11.9 Å². The second-order valence-electron chi connectivity index (χ2n) is 6.78. The van der Waals surface area contributed by atoms with Crippen LogP contribution in [0, 0.1) is 6.92 Å². The van der Waals surface area contributed by atoms with Crippen LogP contribution in [-0.4, -0.2) is 41.1 Å². The zero-order chi connectivity index (χ0) is 21.5. The first-order chi connectivity index (χ1) is 14.4. The number of carbonyl (C=O) groups is 2. The molecule has 30 heavy (non-hydrogen) atoms. The second kappa shape index (κ2) is 9.93. The van der Waals surface area contributed by atoms with Crippen LogP contribution in [0.25, 0.3) is 0 Å². The number of amides is 3. The van der Waals surface area contributed by atoms with Crippen molar-refractivity contribution in [2.45, 2.75) is 24.2 Å². The normalized spacial score (nSPS) is 10.5. The zero-order valence-electron chi connectivity index (χ0n) is 17.0. The number of hydrogen-bond donors (Lipinski definition) is 2. The molecule has 3 rings (SSSR count). The van der Waals surface area contributed by atoms with Crippen LogP contribution in [0.4, 0.5) is 10.5 Å². The maximum atomic E-state index is 12.7. The van der Waals surface area contributed by atoms with Crippen molar-refractivity contribution >= 4 is 29.4 Å². The molecule has 2 N–H and O–H groups in total. The first-order valence-corrected chi connectivity index (χ1v) is 10.3. The number of anilines is 1. The number of thioether (sulfide) groups is 1. The lowest BCUT2D eigenvalue weighted by Crippen LogP contribution is -2.27. The molecule has 0 aliphatic carbocycles. The monoisotopic (exact) mass is 425 g/mol. The molecule has 1 aromatic carbocycles. The van der Waals surface area contributed by atoms with E-state index in [1.165, 1.54) is 16.7 Å². The predicted molar refractivity (Wildman–Crippen MR) is 115 cm³/mol. The molecule has 0 saturated carbocycles. The SMILES string of the molecule is Cc1cc(CSc2ncccc2C(=O)NCc2ccc(NC(=O)N(C)C)cc2)no1. The van der Waals surface area contributed by atoms with Crippen LogP contribution in [0.5, 0.6) is 0 Å².